The molecule has 1 aromatic carbocycles. The SMILES string of the molecule is CNC(=O)C(C)(C)CNCc1c(F)cc(C#N)cc1F. The summed E-state index contributed by atoms with van der Waals surface area (Å²) in [6, 6.07) is 3.67. The highest BCUT2D eigenvalue weighted by Crippen LogP contribution is 2.17. The van der Waals surface area contributed by atoms with Gasteiger partial charge < -0.3 is 10.6 Å². The molecule has 0 radical (unpaired) electrons. The van der Waals surface area contributed by atoms with Gasteiger partial charge >= 0.3 is 0 Å². The first-order valence-electron chi connectivity index (χ1n) is 6.12. The fourth-order valence-electron chi connectivity index (χ4n) is 1.76. The third-order valence-electron chi connectivity index (χ3n) is 2.98. The maximum atomic E-state index is 13.6. The Balaban J connectivity index is 2.73. The second-order valence-corrected chi connectivity index (χ2v) is 5.10. The largest absolute Gasteiger partial charge is 0.359 e. The minimum atomic E-state index is -0.771. The minimum Gasteiger partial charge on any atom is -0.359 e. The van der Waals surface area contributed by atoms with E-state index >= 15 is 0 Å². The standard InChI is InChI=1S/C14H17F2N3O/c1-14(2,13(20)18-3)8-19-7-10-11(15)4-9(6-17)5-12(10)16/h4-5,19H,7-8H2,1-3H3,(H,18,20). The number of amides is 1. The van der Waals surface area contributed by atoms with E-state index in [0.29, 0.717) is 0 Å². The zero-order valence-corrected chi connectivity index (χ0v) is 11.7. The maximum Gasteiger partial charge on any atom is 0.226 e. The molecule has 0 aliphatic carbocycles. The van der Waals surface area contributed by atoms with Crippen LogP contribution in [-0.2, 0) is 11.3 Å². The van der Waals surface area contributed by atoms with Crippen molar-refractivity contribution in [3.8, 4) is 6.07 Å². The maximum absolute atomic E-state index is 13.6. The molecule has 1 aromatic rings. The average Bonchev–Trinajstić information content (AvgIpc) is 2.40. The molecule has 0 aliphatic heterocycles. The Kier molecular flexibility index (Phi) is 5.17. The average molecular weight is 281 g/mol. The van der Waals surface area contributed by atoms with E-state index < -0.39 is 17.0 Å². The van der Waals surface area contributed by atoms with E-state index in [-0.39, 0.29) is 30.1 Å². The molecule has 0 unspecified atom stereocenters. The fourth-order valence-corrected chi connectivity index (χ4v) is 1.76. The molecule has 0 atom stereocenters. The molecule has 0 heterocycles. The highest BCUT2D eigenvalue weighted by Gasteiger charge is 2.26. The van der Waals surface area contributed by atoms with Crippen molar-refractivity contribution < 1.29 is 13.6 Å². The van der Waals surface area contributed by atoms with E-state index in [2.05, 4.69) is 10.6 Å². The monoisotopic (exact) mass is 281 g/mol. The molecule has 0 aromatic heterocycles. The Morgan fingerprint density at radius 3 is 2.35 bits per heavy atom. The number of carbonyl (C=O) groups excluding carboxylic acids is 1. The first kappa shape index (κ1) is 16.1. The lowest BCUT2D eigenvalue weighted by atomic mass is 9.92. The first-order valence-corrected chi connectivity index (χ1v) is 6.12. The molecule has 1 amide bonds. The molecule has 0 bridgehead atoms. The van der Waals surface area contributed by atoms with E-state index in [1.807, 2.05) is 0 Å². The molecule has 1 rings (SSSR count). The summed E-state index contributed by atoms with van der Waals surface area (Å²) in [5.74, 6) is -1.70. The summed E-state index contributed by atoms with van der Waals surface area (Å²) in [6.45, 7) is 3.67. The number of benzene rings is 1. The van der Waals surface area contributed by atoms with Gasteiger partial charge in [-0.15, -0.1) is 0 Å². The van der Waals surface area contributed by atoms with Crippen molar-refractivity contribution in [3.63, 3.8) is 0 Å². The molecule has 0 spiro atoms. The van der Waals surface area contributed by atoms with Crippen molar-refractivity contribution in [3.05, 3.63) is 34.9 Å². The van der Waals surface area contributed by atoms with E-state index in [9.17, 15) is 13.6 Å². The quantitative estimate of drug-likeness (QED) is 0.863. The highest BCUT2D eigenvalue weighted by atomic mass is 19.1. The van der Waals surface area contributed by atoms with Gasteiger partial charge in [0.1, 0.15) is 11.6 Å². The Morgan fingerprint density at radius 1 is 1.35 bits per heavy atom. The van der Waals surface area contributed by atoms with Gasteiger partial charge in [-0.25, -0.2) is 8.78 Å². The van der Waals surface area contributed by atoms with Crippen LogP contribution < -0.4 is 10.6 Å². The Bertz CT molecular complexity index is 527. The van der Waals surface area contributed by atoms with E-state index in [4.69, 9.17) is 5.26 Å². The van der Waals surface area contributed by atoms with Gasteiger partial charge in [0.25, 0.3) is 0 Å². The number of nitriles is 1. The predicted molar refractivity (Wildman–Crippen MR) is 70.6 cm³/mol. The normalized spacial score (nSPS) is 11.0. The van der Waals surface area contributed by atoms with Crippen LogP contribution in [0.3, 0.4) is 0 Å². The number of halogens is 2. The topological polar surface area (TPSA) is 64.9 Å². The summed E-state index contributed by atoms with van der Waals surface area (Å²) in [4.78, 5) is 11.6. The van der Waals surface area contributed by atoms with Crippen LogP contribution in [0.2, 0.25) is 0 Å². The molecule has 2 N–H and O–H groups in total. The summed E-state index contributed by atoms with van der Waals surface area (Å²) in [6.07, 6.45) is 0. The Morgan fingerprint density at radius 2 is 1.90 bits per heavy atom. The van der Waals surface area contributed by atoms with Crippen molar-refractivity contribution in [1.29, 1.82) is 5.26 Å². The van der Waals surface area contributed by atoms with Crippen LogP contribution in [-0.4, -0.2) is 19.5 Å². The summed E-state index contributed by atoms with van der Waals surface area (Å²) in [7, 11) is 1.53. The molecule has 20 heavy (non-hydrogen) atoms. The smallest absolute Gasteiger partial charge is 0.226 e. The lowest BCUT2D eigenvalue weighted by Crippen LogP contribution is -2.42. The predicted octanol–water partition coefficient (Wildman–Crippen LogP) is 1.70. The summed E-state index contributed by atoms with van der Waals surface area (Å²) >= 11 is 0. The third kappa shape index (κ3) is 3.75. The van der Waals surface area contributed by atoms with Crippen LogP contribution in [0.15, 0.2) is 12.1 Å². The zero-order valence-electron chi connectivity index (χ0n) is 11.7. The number of rotatable bonds is 5. The number of carbonyl (C=O) groups is 1. The Labute approximate surface area is 116 Å². The van der Waals surface area contributed by atoms with Crippen LogP contribution in [0.25, 0.3) is 0 Å². The van der Waals surface area contributed by atoms with E-state index in [1.165, 1.54) is 7.05 Å². The van der Waals surface area contributed by atoms with Gasteiger partial charge in [0.2, 0.25) is 5.91 Å². The molecular weight excluding hydrogens is 264 g/mol. The van der Waals surface area contributed by atoms with Gasteiger partial charge in [0.05, 0.1) is 17.0 Å². The molecule has 0 aliphatic rings. The first-order chi connectivity index (χ1) is 9.31. The number of nitrogens with one attached hydrogen (secondary N) is 2. The fraction of sp³-hybridized carbons (Fsp3) is 0.429. The highest BCUT2D eigenvalue weighted by molar-refractivity contribution is 5.81. The molecule has 6 heteroatoms. The van der Waals surface area contributed by atoms with Gasteiger partial charge in [-0.05, 0) is 26.0 Å². The third-order valence-corrected chi connectivity index (χ3v) is 2.98. The molecule has 108 valence electrons. The lowest BCUT2D eigenvalue weighted by molar-refractivity contribution is -0.128. The second-order valence-electron chi connectivity index (χ2n) is 5.10. The van der Waals surface area contributed by atoms with Crippen molar-refractivity contribution in [2.24, 2.45) is 5.41 Å². The summed E-state index contributed by atoms with van der Waals surface area (Å²) < 4.78 is 27.3. The van der Waals surface area contributed by atoms with Gasteiger partial charge in [-0.1, -0.05) is 0 Å². The number of nitrogens with zero attached hydrogens (tertiary/aromatic N) is 1. The van der Waals surface area contributed by atoms with Crippen LogP contribution >= 0.6 is 0 Å². The molecule has 0 saturated carbocycles. The van der Waals surface area contributed by atoms with Gasteiger partial charge in [0.15, 0.2) is 0 Å². The van der Waals surface area contributed by atoms with Crippen molar-refractivity contribution >= 4 is 5.91 Å². The molecular formula is C14H17F2N3O. The lowest BCUT2D eigenvalue weighted by Gasteiger charge is -2.23. The van der Waals surface area contributed by atoms with Crippen molar-refractivity contribution in [2.75, 3.05) is 13.6 Å². The molecule has 0 fully saturated rings. The zero-order chi connectivity index (χ0) is 15.3. The van der Waals surface area contributed by atoms with E-state index in [1.54, 1.807) is 19.9 Å². The second kappa shape index (κ2) is 6.44. The van der Waals surface area contributed by atoms with Gasteiger partial charge in [-0.3, -0.25) is 4.79 Å². The van der Waals surface area contributed by atoms with Crippen LogP contribution in [0.1, 0.15) is 25.0 Å². The van der Waals surface area contributed by atoms with Gasteiger partial charge in [-0.2, -0.15) is 5.26 Å². The van der Waals surface area contributed by atoms with Gasteiger partial charge in [0, 0.05) is 25.7 Å². The van der Waals surface area contributed by atoms with Crippen LogP contribution in [0.5, 0.6) is 0 Å². The summed E-state index contributed by atoms with van der Waals surface area (Å²) in [5, 5.41) is 14.0. The van der Waals surface area contributed by atoms with Crippen LogP contribution in [0, 0.1) is 28.4 Å². The molecule has 0 saturated heterocycles. The number of hydrogen-bond donors (Lipinski definition) is 2. The van der Waals surface area contributed by atoms with Crippen LogP contribution in [0.4, 0.5) is 8.78 Å². The van der Waals surface area contributed by atoms with Crippen molar-refractivity contribution in [1.82, 2.24) is 10.6 Å². The molecule has 4 nitrogen and oxygen atoms in total. The Hall–Kier alpha value is -2.00. The summed E-state index contributed by atoms with van der Waals surface area (Å²) in [5.41, 5.74) is -0.889. The van der Waals surface area contributed by atoms with E-state index in [0.717, 1.165) is 12.1 Å². The van der Waals surface area contributed by atoms with Crippen molar-refractivity contribution in [2.45, 2.75) is 20.4 Å². The minimum absolute atomic E-state index is 0.0518. The number of hydrogen-bond acceptors (Lipinski definition) is 3.